The maximum absolute atomic E-state index is 13.1. The molecule has 4 rings (SSSR count). The first-order valence-electron chi connectivity index (χ1n) is 8.53. The number of benzene rings is 1. The van der Waals surface area contributed by atoms with E-state index < -0.39 is 17.6 Å². The monoisotopic (exact) mass is 391 g/mol. The van der Waals surface area contributed by atoms with Crippen molar-refractivity contribution in [1.29, 1.82) is 0 Å². The zero-order valence-corrected chi connectivity index (χ0v) is 15.0. The second kappa shape index (κ2) is 6.53. The highest BCUT2D eigenvalue weighted by atomic mass is 32.1. The van der Waals surface area contributed by atoms with Crippen molar-refractivity contribution >= 4 is 38.8 Å². The quantitative estimate of drug-likeness (QED) is 0.644. The first-order chi connectivity index (χ1) is 12.8. The van der Waals surface area contributed by atoms with E-state index in [1.807, 2.05) is 6.07 Å². The molecule has 4 nitrogen and oxygen atoms in total. The van der Waals surface area contributed by atoms with Gasteiger partial charge in [0.1, 0.15) is 9.71 Å². The van der Waals surface area contributed by atoms with Gasteiger partial charge >= 0.3 is 6.18 Å². The van der Waals surface area contributed by atoms with Crippen molar-refractivity contribution in [2.45, 2.75) is 31.9 Å². The number of aryl methyl sites for hydroxylation is 2. The van der Waals surface area contributed by atoms with E-state index in [0.717, 1.165) is 54.3 Å². The van der Waals surface area contributed by atoms with Crippen LogP contribution in [0.5, 0.6) is 0 Å². The van der Waals surface area contributed by atoms with Crippen LogP contribution in [-0.2, 0) is 19.0 Å². The molecular formula is C19H16F3N3OS. The number of anilines is 2. The third-order valence-electron chi connectivity index (χ3n) is 4.69. The van der Waals surface area contributed by atoms with Gasteiger partial charge < -0.3 is 11.1 Å². The standard InChI is InChI=1S/C19H16F3N3OS/c20-19(21,22)12-6-2-4-8-14(12)24-17(26)16-15(23)11-9-10-5-1-3-7-13(10)25-18(11)27-16/h2,4,6,8-9H,1,3,5,7,23H2,(H,24,26). The lowest BCUT2D eigenvalue weighted by atomic mass is 9.95. The third-order valence-corrected chi connectivity index (χ3v) is 5.80. The summed E-state index contributed by atoms with van der Waals surface area (Å²) >= 11 is 1.11. The second-order valence-electron chi connectivity index (χ2n) is 6.50. The highest BCUT2D eigenvalue weighted by Crippen LogP contribution is 2.38. The summed E-state index contributed by atoms with van der Waals surface area (Å²) in [5, 5.41) is 3.04. The minimum atomic E-state index is -4.56. The number of para-hydroxylation sites is 1. The van der Waals surface area contributed by atoms with Crippen molar-refractivity contribution in [3.05, 3.63) is 52.0 Å². The van der Waals surface area contributed by atoms with Crippen molar-refractivity contribution in [2.24, 2.45) is 0 Å². The van der Waals surface area contributed by atoms with Crippen molar-refractivity contribution in [2.75, 3.05) is 11.1 Å². The van der Waals surface area contributed by atoms with Gasteiger partial charge in [-0.1, -0.05) is 12.1 Å². The van der Waals surface area contributed by atoms with Crippen LogP contribution >= 0.6 is 11.3 Å². The molecule has 8 heteroatoms. The number of alkyl halides is 3. The van der Waals surface area contributed by atoms with Crippen LogP contribution in [0.25, 0.3) is 10.2 Å². The zero-order valence-electron chi connectivity index (χ0n) is 14.2. The van der Waals surface area contributed by atoms with Crippen LogP contribution in [0.1, 0.15) is 39.3 Å². The molecule has 0 saturated carbocycles. The van der Waals surface area contributed by atoms with Crippen LogP contribution in [-0.4, -0.2) is 10.9 Å². The van der Waals surface area contributed by atoms with Crippen LogP contribution in [0.2, 0.25) is 0 Å². The number of carbonyl (C=O) groups is 1. The van der Waals surface area contributed by atoms with Gasteiger partial charge in [0.15, 0.2) is 0 Å². The first-order valence-corrected chi connectivity index (χ1v) is 9.34. The second-order valence-corrected chi connectivity index (χ2v) is 7.50. The van der Waals surface area contributed by atoms with Crippen LogP contribution in [0, 0.1) is 0 Å². The van der Waals surface area contributed by atoms with E-state index in [4.69, 9.17) is 5.73 Å². The number of nitrogens with one attached hydrogen (secondary N) is 1. The van der Waals surface area contributed by atoms with E-state index in [1.165, 1.54) is 18.2 Å². The maximum Gasteiger partial charge on any atom is 0.418 e. The molecule has 0 bridgehead atoms. The lowest BCUT2D eigenvalue weighted by Crippen LogP contribution is -2.16. The van der Waals surface area contributed by atoms with Crippen LogP contribution in [0.15, 0.2) is 30.3 Å². The Hall–Kier alpha value is -2.61. The number of halogens is 3. The van der Waals surface area contributed by atoms with E-state index in [1.54, 1.807) is 0 Å². The summed E-state index contributed by atoms with van der Waals surface area (Å²) in [6, 6.07) is 6.83. The molecule has 1 aliphatic carbocycles. The molecular weight excluding hydrogens is 375 g/mol. The Morgan fingerprint density at radius 1 is 1.19 bits per heavy atom. The minimum absolute atomic E-state index is 0.178. The van der Waals surface area contributed by atoms with Gasteiger partial charge in [0, 0.05) is 11.1 Å². The smallest absolute Gasteiger partial charge is 0.397 e. The van der Waals surface area contributed by atoms with Gasteiger partial charge in [0.25, 0.3) is 5.91 Å². The fourth-order valence-corrected chi connectivity index (χ4v) is 4.34. The number of nitrogens with two attached hydrogens (primary N) is 1. The molecule has 0 unspecified atom stereocenters. The Balaban J connectivity index is 1.71. The number of aromatic nitrogens is 1. The maximum atomic E-state index is 13.1. The zero-order chi connectivity index (χ0) is 19.2. The topological polar surface area (TPSA) is 68.0 Å². The number of hydrogen-bond donors (Lipinski definition) is 2. The predicted octanol–water partition coefficient (Wildman–Crippen LogP) is 5.03. The van der Waals surface area contributed by atoms with E-state index >= 15 is 0 Å². The van der Waals surface area contributed by atoms with Crippen LogP contribution in [0.3, 0.4) is 0 Å². The van der Waals surface area contributed by atoms with E-state index in [2.05, 4.69) is 10.3 Å². The van der Waals surface area contributed by atoms with E-state index in [9.17, 15) is 18.0 Å². The van der Waals surface area contributed by atoms with Crippen molar-refractivity contribution in [3.63, 3.8) is 0 Å². The van der Waals surface area contributed by atoms with Gasteiger partial charge in [-0.2, -0.15) is 13.2 Å². The molecule has 140 valence electrons. The molecule has 0 saturated heterocycles. The molecule has 27 heavy (non-hydrogen) atoms. The van der Waals surface area contributed by atoms with Crippen molar-refractivity contribution in [1.82, 2.24) is 4.98 Å². The number of carbonyl (C=O) groups excluding carboxylic acids is 1. The van der Waals surface area contributed by atoms with Gasteiger partial charge in [-0.05, 0) is 49.4 Å². The van der Waals surface area contributed by atoms with E-state index in [0.29, 0.717) is 10.2 Å². The largest absolute Gasteiger partial charge is 0.418 e. The molecule has 0 spiro atoms. The Labute approximate surface area is 157 Å². The fraction of sp³-hybridized carbons (Fsp3) is 0.263. The highest BCUT2D eigenvalue weighted by Gasteiger charge is 2.34. The number of hydrogen-bond acceptors (Lipinski definition) is 4. The number of nitrogen functional groups attached to an aromatic ring is 1. The lowest BCUT2D eigenvalue weighted by Gasteiger charge is -2.14. The summed E-state index contributed by atoms with van der Waals surface area (Å²) in [6.45, 7) is 0. The molecule has 0 radical (unpaired) electrons. The molecule has 2 aromatic heterocycles. The first kappa shape index (κ1) is 17.8. The summed E-state index contributed by atoms with van der Waals surface area (Å²) in [5.41, 5.74) is 7.36. The number of rotatable bonds is 2. The number of amides is 1. The fourth-order valence-electron chi connectivity index (χ4n) is 3.35. The van der Waals surface area contributed by atoms with Gasteiger partial charge in [0.2, 0.25) is 0 Å². The molecule has 0 fully saturated rings. The molecule has 0 aliphatic heterocycles. The number of nitrogens with zero attached hydrogens (tertiary/aromatic N) is 1. The number of thiophene rings is 1. The molecule has 3 aromatic rings. The molecule has 3 N–H and O–H groups in total. The Morgan fingerprint density at radius 2 is 1.93 bits per heavy atom. The summed E-state index contributed by atoms with van der Waals surface area (Å²) < 4.78 is 39.4. The summed E-state index contributed by atoms with van der Waals surface area (Å²) in [5.74, 6) is -0.662. The lowest BCUT2D eigenvalue weighted by molar-refractivity contribution is -0.136. The summed E-state index contributed by atoms with van der Waals surface area (Å²) in [7, 11) is 0. The molecule has 0 atom stereocenters. The Morgan fingerprint density at radius 3 is 2.70 bits per heavy atom. The SMILES string of the molecule is Nc1c(C(=O)Nc2ccccc2C(F)(F)F)sc2nc3c(cc12)CCCC3. The Kier molecular flexibility index (Phi) is 4.30. The summed E-state index contributed by atoms with van der Waals surface area (Å²) in [4.78, 5) is 18.1. The van der Waals surface area contributed by atoms with Crippen LogP contribution in [0.4, 0.5) is 24.5 Å². The number of fused-ring (bicyclic) bond motifs is 2. The van der Waals surface area contributed by atoms with Crippen molar-refractivity contribution in [3.8, 4) is 0 Å². The summed E-state index contributed by atoms with van der Waals surface area (Å²) in [6.07, 6.45) is -0.576. The molecule has 1 aliphatic rings. The van der Waals surface area contributed by atoms with Crippen molar-refractivity contribution < 1.29 is 18.0 Å². The van der Waals surface area contributed by atoms with Gasteiger partial charge in [-0.25, -0.2) is 4.98 Å². The Bertz CT molecular complexity index is 1040. The minimum Gasteiger partial charge on any atom is -0.397 e. The highest BCUT2D eigenvalue weighted by molar-refractivity contribution is 7.21. The molecule has 1 amide bonds. The molecule has 2 heterocycles. The van der Waals surface area contributed by atoms with Crippen LogP contribution < -0.4 is 11.1 Å². The number of pyridine rings is 1. The average molecular weight is 391 g/mol. The third kappa shape index (κ3) is 3.25. The van der Waals surface area contributed by atoms with Gasteiger partial charge in [-0.15, -0.1) is 11.3 Å². The predicted molar refractivity (Wildman–Crippen MR) is 100 cm³/mol. The van der Waals surface area contributed by atoms with E-state index in [-0.39, 0.29) is 16.3 Å². The van der Waals surface area contributed by atoms with Gasteiger partial charge in [0.05, 0.1) is 16.9 Å². The average Bonchev–Trinajstić information content (AvgIpc) is 2.95. The normalized spacial score (nSPS) is 14.2. The van der Waals surface area contributed by atoms with Gasteiger partial charge in [-0.3, -0.25) is 4.79 Å². The molecule has 1 aromatic carbocycles.